The highest BCUT2D eigenvalue weighted by atomic mass is 16.2. The molecule has 1 heterocycles. The lowest BCUT2D eigenvalue weighted by Crippen LogP contribution is -2.41. The second-order valence-electron chi connectivity index (χ2n) is 6.07. The van der Waals surface area contributed by atoms with Gasteiger partial charge in [-0.05, 0) is 32.4 Å². The lowest BCUT2D eigenvalue weighted by Gasteiger charge is -2.20. The van der Waals surface area contributed by atoms with E-state index in [9.17, 15) is 9.59 Å². The van der Waals surface area contributed by atoms with E-state index in [1.807, 2.05) is 51.1 Å². The molecule has 0 saturated heterocycles. The molecule has 1 amide bonds. The Morgan fingerprint density at radius 2 is 1.76 bits per heavy atom. The van der Waals surface area contributed by atoms with E-state index in [0.717, 1.165) is 5.56 Å². The van der Waals surface area contributed by atoms with Gasteiger partial charge in [-0.1, -0.05) is 30.3 Å². The Morgan fingerprint density at radius 3 is 2.38 bits per heavy atom. The second kappa shape index (κ2) is 5.95. The monoisotopic (exact) mass is 284 g/mol. The predicted octanol–water partition coefficient (Wildman–Crippen LogP) is 2.42. The van der Waals surface area contributed by atoms with E-state index in [1.165, 1.54) is 6.07 Å². The standard InChI is InChI=1S/C17H20N2O2/c1-17(2,3)18-16(21)14-9-10-15(20)19(12-14)11-13-7-5-4-6-8-13/h4-10,12H,11H2,1-3H3,(H,18,21). The predicted molar refractivity (Wildman–Crippen MR) is 83.5 cm³/mol. The molecule has 4 nitrogen and oxygen atoms in total. The zero-order valence-corrected chi connectivity index (χ0v) is 12.6. The lowest BCUT2D eigenvalue weighted by atomic mass is 10.1. The summed E-state index contributed by atoms with van der Waals surface area (Å²) < 4.78 is 1.55. The molecule has 0 spiro atoms. The van der Waals surface area contributed by atoms with Gasteiger partial charge in [0.1, 0.15) is 0 Å². The first-order chi connectivity index (χ1) is 9.85. The Bertz CT molecular complexity index is 682. The van der Waals surface area contributed by atoms with Crippen LogP contribution in [0.5, 0.6) is 0 Å². The highest BCUT2D eigenvalue weighted by Gasteiger charge is 2.15. The van der Waals surface area contributed by atoms with E-state index in [-0.39, 0.29) is 17.0 Å². The molecule has 1 aromatic carbocycles. The normalized spacial score (nSPS) is 11.2. The van der Waals surface area contributed by atoms with E-state index in [1.54, 1.807) is 16.8 Å². The molecular weight excluding hydrogens is 264 g/mol. The fourth-order valence-electron chi connectivity index (χ4n) is 1.98. The van der Waals surface area contributed by atoms with Crippen LogP contribution in [0.25, 0.3) is 0 Å². The van der Waals surface area contributed by atoms with Gasteiger partial charge in [0.2, 0.25) is 0 Å². The van der Waals surface area contributed by atoms with E-state index in [0.29, 0.717) is 12.1 Å². The summed E-state index contributed by atoms with van der Waals surface area (Å²) in [5.74, 6) is -0.177. The first-order valence-corrected chi connectivity index (χ1v) is 6.92. The minimum atomic E-state index is -0.308. The lowest BCUT2D eigenvalue weighted by molar-refractivity contribution is 0.0918. The number of benzene rings is 1. The van der Waals surface area contributed by atoms with Crippen LogP contribution in [-0.4, -0.2) is 16.0 Å². The number of aromatic nitrogens is 1. The Kier molecular flexibility index (Phi) is 4.26. The Morgan fingerprint density at radius 1 is 1.10 bits per heavy atom. The number of hydrogen-bond donors (Lipinski definition) is 1. The SMILES string of the molecule is CC(C)(C)NC(=O)c1ccc(=O)n(Cc2ccccc2)c1. The molecule has 21 heavy (non-hydrogen) atoms. The number of rotatable bonds is 3. The van der Waals surface area contributed by atoms with Gasteiger partial charge in [-0.2, -0.15) is 0 Å². The first-order valence-electron chi connectivity index (χ1n) is 6.92. The van der Waals surface area contributed by atoms with Crippen LogP contribution in [0.1, 0.15) is 36.7 Å². The average Bonchev–Trinajstić information content (AvgIpc) is 2.40. The maximum absolute atomic E-state index is 12.1. The molecule has 1 aromatic heterocycles. The summed E-state index contributed by atoms with van der Waals surface area (Å²) in [5.41, 5.74) is 1.08. The molecule has 0 unspecified atom stereocenters. The van der Waals surface area contributed by atoms with Crippen molar-refractivity contribution in [3.63, 3.8) is 0 Å². The van der Waals surface area contributed by atoms with Crippen LogP contribution in [0.4, 0.5) is 0 Å². The van der Waals surface area contributed by atoms with Crippen LogP contribution in [0.15, 0.2) is 53.5 Å². The molecule has 110 valence electrons. The third kappa shape index (κ3) is 4.31. The number of nitrogens with one attached hydrogen (secondary N) is 1. The zero-order chi connectivity index (χ0) is 15.5. The van der Waals surface area contributed by atoms with Gasteiger partial charge >= 0.3 is 0 Å². The molecule has 0 atom stereocenters. The van der Waals surface area contributed by atoms with E-state index in [2.05, 4.69) is 5.32 Å². The zero-order valence-electron chi connectivity index (χ0n) is 12.6. The van der Waals surface area contributed by atoms with Crippen molar-refractivity contribution < 1.29 is 4.79 Å². The Labute approximate surface area is 124 Å². The quantitative estimate of drug-likeness (QED) is 0.941. The third-order valence-corrected chi connectivity index (χ3v) is 2.93. The van der Waals surface area contributed by atoms with Crippen LogP contribution in [-0.2, 0) is 6.54 Å². The molecule has 0 aliphatic heterocycles. The highest BCUT2D eigenvalue weighted by Crippen LogP contribution is 2.05. The second-order valence-corrected chi connectivity index (χ2v) is 6.07. The van der Waals surface area contributed by atoms with Crippen molar-refractivity contribution in [3.8, 4) is 0 Å². The van der Waals surface area contributed by atoms with Crippen LogP contribution in [0.2, 0.25) is 0 Å². The molecular formula is C17H20N2O2. The van der Waals surface area contributed by atoms with Crippen LogP contribution in [0, 0.1) is 0 Å². The van der Waals surface area contributed by atoms with Crippen molar-refractivity contribution in [2.75, 3.05) is 0 Å². The number of carbonyl (C=O) groups is 1. The first kappa shape index (κ1) is 15.0. The van der Waals surface area contributed by atoms with Gasteiger partial charge in [0.05, 0.1) is 12.1 Å². The summed E-state index contributed by atoms with van der Waals surface area (Å²) in [6.07, 6.45) is 1.61. The number of pyridine rings is 1. The van der Waals surface area contributed by atoms with Crippen LogP contribution < -0.4 is 10.9 Å². The van der Waals surface area contributed by atoms with Crippen molar-refractivity contribution >= 4 is 5.91 Å². The highest BCUT2D eigenvalue weighted by molar-refractivity contribution is 5.94. The van der Waals surface area contributed by atoms with Gasteiger partial charge in [0.25, 0.3) is 11.5 Å². The molecule has 0 bridgehead atoms. The number of nitrogens with zero attached hydrogens (tertiary/aromatic N) is 1. The Hall–Kier alpha value is -2.36. The van der Waals surface area contributed by atoms with Crippen LogP contribution in [0.3, 0.4) is 0 Å². The summed E-state index contributed by atoms with van der Waals surface area (Å²) >= 11 is 0. The van der Waals surface area contributed by atoms with Gasteiger partial charge in [-0.15, -0.1) is 0 Å². The van der Waals surface area contributed by atoms with Crippen molar-refractivity contribution in [2.45, 2.75) is 32.9 Å². The fourth-order valence-corrected chi connectivity index (χ4v) is 1.98. The topological polar surface area (TPSA) is 51.1 Å². The summed E-state index contributed by atoms with van der Waals surface area (Å²) in [7, 11) is 0. The molecule has 2 aromatic rings. The van der Waals surface area contributed by atoms with Gasteiger partial charge in [-0.25, -0.2) is 0 Å². The molecule has 2 rings (SSSR count). The number of carbonyl (C=O) groups excluding carboxylic acids is 1. The summed E-state index contributed by atoms with van der Waals surface area (Å²) in [6.45, 7) is 6.22. The van der Waals surface area contributed by atoms with Gasteiger partial charge in [0.15, 0.2) is 0 Å². The van der Waals surface area contributed by atoms with Crippen molar-refractivity contribution in [3.05, 3.63) is 70.1 Å². The van der Waals surface area contributed by atoms with E-state index in [4.69, 9.17) is 0 Å². The summed E-state index contributed by atoms with van der Waals surface area (Å²) in [4.78, 5) is 24.1. The van der Waals surface area contributed by atoms with Crippen LogP contribution >= 0.6 is 0 Å². The smallest absolute Gasteiger partial charge is 0.253 e. The van der Waals surface area contributed by atoms with Gasteiger partial charge < -0.3 is 9.88 Å². The number of hydrogen-bond acceptors (Lipinski definition) is 2. The largest absolute Gasteiger partial charge is 0.347 e. The molecule has 0 fully saturated rings. The number of amides is 1. The van der Waals surface area contributed by atoms with Crippen molar-refractivity contribution in [1.29, 1.82) is 0 Å². The average molecular weight is 284 g/mol. The molecule has 0 radical (unpaired) electrons. The van der Waals surface area contributed by atoms with Gasteiger partial charge in [0, 0.05) is 17.8 Å². The third-order valence-electron chi connectivity index (χ3n) is 2.93. The van der Waals surface area contributed by atoms with E-state index < -0.39 is 0 Å². The molecule has 4 heteroatoms. The molecule has 0 saturated carbocycles. The molecule has 1 N–H and O–H groups in total. The van der Waals surface area contributed by atoms with Crippen molar-refractivity contribution in [1.82, 2.24) is 9.88 Å². The minimum Gasteiger partial charge on any atom is -0.347 e. The van der Waals surface area contributed by atoms with Crippen molar-refractivity contribution in [2.24, 2.45) is 0 Å². The summed E-state index contributed by atoms with van der Waals surface area (Å²) in [5, 5.41) is 2.89. The Balaban J connectivity index is 2.25. The van der Waals surface area contributed by atoms with Gasteiger partial charge in [-0.3, -0.25) is 9.59 Å². The maximum Gasteiger partial charge on any atom is 0.253 e. The molecule has 0 aliphatic carbocycles. The summed E-state index contributed by atoms with van der Waals surface area (Å²) in [6, 6.07) is 12.7. The molecule has 0 aliphatic rings. The fraction of sp³-hybridized carbons (Fsp3) is 0.294. The maximum atomic E-state index is 12.1. The van der Waals surface area contributed by atoms with E-state index >= 15 is 0 Å². The minimum absolute atomic E-state index is 0.119.